The molecule has 2 aromatic heterocycles. The van der Waals surface area contributed by atoms with Crippen molar-refractivity contribution in [1.82, 2.24) is 14.8 Å². The number of benzene rings is 1. The molecule has 0 saturated carbocycles. The molecule has 0 aliphatic heterocycles. The van der Waals surface area contributed by atoms with E-state index in [0.29, 0.717) is 11.3 Å². The van der Waals surface area contributed by atoms with Crippen molar-refractivity contribution in [2.75, 3.05) is 0 Å². The molecule has 3 aromatic rings. The van der Waals surface area contributed by atoms with E-state index >= 15 is 0 Å². The Morgan fingerprint density at radius 1 is 1.12 bits per heavy atom. The lowest BCUT2D eigenvalue weighted by Gasteiger charge is -2.00. The smallest absolute Gasteiger partial charge is 0.360 e. The van der Waals surface area contributed by atoms with Crippen LogP contribution in [0.2, 0.25) is 0 Å². The van der Waals surface area contributed by atoms with Crippen LogP contribution in [-0.2, 0) is 0 Å². The third kappa shape index (κ3) is 1.30. The summed E-state index contributed by atoms with van der Waals surface area (Å²) in [6, 6.07) is 9.10. The van der Waals surface area contributed by atoms with E-state index in [0.717, 1.165) is 5.39 Å². The van der Waals surface area contributed by atoms with Crippen LogP contribution in [0.15, 0.2) is 52.2 Å². The zero-order valence-corrected chi connectivity index (χ0v) is 8.20. The lowest BCUT2D eigenvalue weighted by Crippen LogP contribution is -2.08. The summed E-state index contributed by atoms with van der Waals surface area (Å²) in [4.78, 5) is 11.7. The second-order valence-electron chi connectivity index (χ2n) is 3.33. The van der Waals surface area contributed by atoms with Crippen molar-refractivity contribution in [3.63, 3.8) is 0 Å². The molecule has 5 heteroatoms. The average molecular weight is 213 g/mol. The first-order valence-electron chi connectivity index (χ1n) is 4.72. The fourth-order valence-corrected chi connectivity index (χ4v) is 1.56. The van der Waals surface area contributed by atoms with Gasteiger partial charge >= 0.3 is 5.63 Å². The molecule has 0 radical (unpaired) electrons. The first-order chi connectivity index (χ1) is 7.84. The van der Waals surface area contributed by atoms with Gasteiger partial charge in [0.15, 0.2) is 0 Å². The quantitative estimate of drug-likeness (QED) is 0.573. The average Bonchev–Trinajstić information content (AvgIpc) is 2.81. The highest BCUT2D eigenvalue weighted by atomic mass is 16.4. The van der Waals surface area contributed by atoms with E-state index in [2.05, 4.69) is 10.2 Å². The van der Waals surface area contributed by atoms with E-state index in [-0.39, 0.29) is 0 Å². The maximum atomic E-state index is 11.7. The lowest BCUT2D eigenvalue weighted by molar-refractivity contribution is 0.555. The molecule has 0 atom stereocenters. The van der Waals surface area contributed by atoms with Gasteiger partial charge < -0.3 is 4.42 Å². The molecule has 0 spiro atoms. The maximum Gasteiger partial charge on any atom is 0.360 e. The first kappa shape index (κ1) is 8.84. The Balaban J connectivity index is 2.34. The van der Waals surface area contributed by atoms with Gasteiger partial charge in [-0.15, -0.1) is 10.2 Å². The van der Waals surface area contributed by atoms with E-state index < -0.39 is 5.63 Å². The molecule has 3 rings (SSSR count). The Bertz CT molecular complexity index is 686. The molecule has 16 heavy (non-hydrogen) atoms. The minimum atomic E-state index is -0.404. The number of rotatable bonds is 1. The Morgan fingerprint density at radius 2 is 1.88 bits per heavy atom. The Hall–Kier alpha value is -2.43. The van der Waals surface area contributed by atoms with Crippen molar-refractivity contribution in [1.29, 1.82) is 0 Å². The van der Waals surface area contributed by atoms with E-state index in [1.165, 1.54) is 17.2 Å². The van der Waals surface area contributed by atoms with Gasteiger partial charge in [-0.1, -0.05) is 18.2 Å². The van der Waals surface area contributed by atoms with E-state index in [4.69, 9.17) is 4.42 Å². The molecule has 1 aromatic carbocycles. The monoisotopic (exact) mass is 213 g/mol. The molecular formula is C11H7N3O2. The van der Waals surface area contributed by atoms with Gasteiger partial charge in [0.05, 0.1) is 0 Å². The van der Waals surface area contributed by atoms with Crippen LogP contribution >= 0.6 is 0 Å². The highest BCUT2D eigenvalue weighted by Crippen LogP contribution is 2.14. The van der Waals surface area contributed by atoms with Crippen LogP contribution in [0.25, 0.3) is 16.7 Å². The molecule has 2 heterocycles. The topological polar surface area (TPSA) is 60.9 Å². The van der Waals surface area contributed by atoms with Crippen molar-refractivity contribution in [3.8, 4) is 5.69 Å². The molecule has 0 unspecified atom stereocenters. The second-order valence-corrected chi connectivity index (χ2v) is 3.33. The number of para-hydroxylation sites is 1. The van der Waals surface area contributed by atoms with E-state index in [1.54, 1.807) is 12.1 Å². The summed E-state index contributed by atoms with van der Waals surface area (Å²) in [7, 11) is 0. The molecule has 0 aliphatic rings. The van der Waals surface area contributed by atoms with Crippen LogP contribution in [0.3, 0.4) is 0 Å². The summed E-state index contributed by atoms with van der Waals surface area (Å²) >= 11 is 0. The predicted molar refractivity (Wildman–Crippen MR) is 57.4 cm³/mol. The van der Waals surface area contributed by atoms with Crippen molar-refractivity contribution in [2.45, 2.75) is 0 Å². The molecule has 78 valence electrons. The molecule has 0 saturated heterocycles. The van der Waals surface area contributed by atoms with Crippen molar-refractivity contribution in [3.05, 3.63) is 53.4 Å². The van der Waals surface area contributed by atoms with Crippen molar-refractivity contribution < 1.29 is 4.42 Å². The maximum absolute atomic E-state index is 11.7. The van der Waals surface area contributed by atoms with Crippen LogP contribution < -0.4 is 5.63 Å². The Morgan fingerprint density at radius 3 is 2.69 bits per heavy atom. The lowest BCUT2D eigenvalue weighted by atomic mass is 10.2. The molecule has 5 nitrogen and oxygen atoms in total. The first-order valence-corrected chi connectivity index (χ1v) is 4.72. The molecular weight excluding hydrogens is 206 g/mol. The van der Waals surface area contributed by atoms with Crippen molar-refractivity contribution >= 4 is 11.0 Å². The van der Waals surface area contributed by atoms with Gasteiger partial charge in [0.25, 0.3) is 0 Å². The number of hydrogen-bond donors (Lipinski definition) is 0. The van der Waals surface area contributed by atoms with Crippen molar-refractivity contribution in [2.24, 2.45) is 0 Å². The molecule has 0 fully saturated rings. The van der Waals surface area contributed by atoms with Crippen LogP contribution in [0.4, 0.5) is 0 Å². The van der Waals surface area contributed by atoms with Crippen LogP contribution in [-0.4, -0.2) is 14.8 Å². The second kappa shape index (κ2) is 3.30. The third-order valence-corrected chi connectivity index (χ3v) is 2.32. The fraction of sp³-hybridized carbons (Fsp3) is 0. The normalized spacial score (nSPS) is 10.8. The largest absolute Gasteiger partial charge is 0.421 e. The highest BCUT2D eigenvalue weighted by Gasteiger charge is 2.06. The number of nitrogens with zero attached hydrogens (tertiary/aromatic N) is 3. The van der Waals surface area contributed by atoms with Gasteiger partial charge in [-0.3, -0.25) is 4.57 Å². The van der Waals surface area contributed by atoms with Gasteiger partial charge in [-0.05, 0) is 12.1 Å². The van der Waals surface area contributed by atoms with Crippen LogP contribution in [0.1, 0.15) is 0 Å². The van der Waals surface area contributed by atoms with Gasteiger partial charge in [0.1, 0.15) is 23.9 Å². The summed E-state index contributed by atoms with van der Waals surface area (Å²) in [5.74, 6) is 0. The van der Waals surface area contributed by atoms with E-state index in [9.17, 15) is 4.79 Å². The number of aromatic nitrogens is 3. The summed E-state index contributed by atoms with van der Waals surface area (Å²) in [5.41, 5.74) is 0.575. The highest BCUT2D eigenvalue weighted by molar-refractivity contribution is 5.77. The Kier molecular flexibility index (Phi) is 1.83. The molecule has 0 N–H and O–H groups in total. The van der Waals surface area contributed by atoms with Gasteiger partial charge in [0.2, 0.25) is 0 Å². The minimum absolute atomic E-state index is 0.404. The summed E-state index contributed by atoms with van der Waals surface area (Å²) < 4.78 is 6.71. The Labute approximate surface area is 90.0 Å². The summed E-state index contributed by atoms with van der Waals surface area (Å²) in [6.07, 6.45) is 2.92. The number of fused-ring (bicyclic) bond motifs is 1. The van der Waals surface area contributed by atoms with Crippen LogP contribution in [0, 0.1) is 0 Å². The fourth-order valence-electron chi connectivity index (χ4n) is 1.56. The number of hydrogen-bond acceptors (Lipinski definition) is 4. The zero-order chi connectivity index (χ0) is 11.0. The minimum Gasteiger partial charge on any atom is -0.421 e. The summed E-state index contributed by atoms with van der Waals surface area (Å²) in [5, 5.41) is 8.17. The van der Waals surface area contributed by atoms with Gasteiger partial charge in [0, 0.05) is 5.39 Å². The van der Waals surface area contributed by atoms with Gasteiger partial charge in [-0.25, -0.2) is 4.79 Å². The SMILES string of the molecule is O=c1oc2ccccc2cc1-n1cnnc1. The third-order valence-electron chi connectivity index (χ3n) is 2.32. The van der Waals surface area contributed by atoms with Crippen LogP contribution in [0.5, 0.6) is 0 Å². The van der Waals surface area contributed by atoms with Gasteiger partial charge in [-0.2, -0.15) is 0 Å². The zero-order valence-electron chi connectivity index (χ0n) is 8.20. The molecule has 0 aliphatic carbocycles. The predicted octanol–water partition coefficient (Wildman–Crippen LogP) is 1.37. The standard InChI is InChI=1S/C11H7N3O2/c15-11-9(14-6-12-13-7-14)5-8-3-1-2-4-10(8)16-11/h1-7H. The molecule has 0 amide bonds. The summed E-state index contributed by atoms with van der Waals surface area (Å²) in [6.45, 7) is 0. The molecule has 0 bridgehead atoms. The van der Waals surface area contributed by atoms with E-state index in [1.807, 2.05) is 18.2 Å².